The van der Waals surface area contributed by atoms with E-state index in [-0.39, 0.29) is 0 Å². The molecule has 2 aromatic carbocycles. The summed E-state index contributed by atoms with van der Waals surface area (Å²) >= 11 is 0. The van der Waals surface area contributed by atoms with Crippen LogP contribution in [0.1, 0.15) is 19.4 Å². The van der Waals surface area contributed by atoms with Crippen LogP contribution in [-0.2, 0) is 11.2 Å². The lowest BCUT2D eigenvalue weighted by Crippen LogP contribution is -2.13. The van der Waals surface area contributed by atoms with Crippen molar-refractivity contribution in [3.05, 3.63) is 54.1 Å². The lowest BCUT2D eigenvalue weighted by atomic mass is 10.0. The summed E-state index contributed by atoms with van der Waals surface area (Å²) in [4.78, 5) is 14.1. The van der Waals surface area contributed by atoms with Gasteiger partial charge in [0.2, 0.25) is 0 Å². The zero-order chi connectivity index (χ0) is 16.1. The van der Waals surface area contributed by atoms with Gasteiger partial charge < -0.3 is 10.2 Å². The first-order chi connectivity index (χ1) is 10.5. The third-order valence-electron chi connectivity index (χ3n) is 3.39. The van der Waals surface area contributed by atoms with Crippen molar-refractivity contribution < 1.29 is 15.0 Å². The number of carboxylic acids is 1. The van der Waals surface area contributed by atoms with Gasteiger partial charge in [0.1, 0.15) is 6.10 Å². The molecule has 4 heteroatoms. The zero-order valence-corrected chi connectivity index (χ0v) is 12.7. The summed E-state index contributed by atoms with van der Waals surface area (Å²) in [5, 5.41) is 18.3. The summed E-state index contributed by atoms with van der Waals surface area (Å²) in [7, 11) is 0. The molecule has 1 aromatic heterocycles. The highest BCUT2D eigenvalue weighted by Gasteiger charge is 2.02. The summed E-state index contributed by atoms with van der Waals surface area (Å²) in [5.74, 6) is -1.19. The number of aliphatic carboxylic acids is 1. The Hall–Kier alpha value is -2.46. The number of aromatic nitrogens is 1. The number of aliphatic hydroxyl groups is 1. The van der Waals surface area contributed by atoms with Gasteiger partial charge in [0.25, 0.3) is 0 Å². The molecule has 1 atom stereocenters. The zero-order valence-electron chi connectivity index (χ0n) is 12.7. The van der Waals surface area contributed by atoms with Gasteiger partial charge in [-0.1, -0.05) is 37.3 Å². The van der Waals surface area contributed by atoms with Crippen LogP contribution in [0.2, 0.25) is 0 Å². The molecule has 0 radical (unpaired) electrons. The van der Waals surface area contributed by atoms with Crippen molar-refractivity contribution in [3.63, 3.8) is 0 Å². The Labute approximate surface area is 129 Å². The number of benzene rings is 2. The lowest BCUT2D eigenvalue weighted by Gasteiger charge is -2.05. The van der Waals surface area contributed by atoms with Crippen LogP contribution in [0.25, 0.3) is 21.8 Å². The first-order valence-corrected chi connectivity index (χ1v) is 7.21. The highest BCUT2D eigenvalue weighted by Crippen LogP contribution is 2.22. The fourth-order valence-corrected chi connectivity index (χ4v) is 2.17. The van der Waals surface area contributed by atoms with E-state index in [9.17, 15) is 4.79 Å². The van der Waals surface area contributed by atoms with Crippen LogP contribution in [-0.4, -0.2) is 27.3 Å². The Bertz CT molecular complexity index is 797. The van der Waals surface area contributed by atoms with Crippen molar-refractivity contribution in [1.29, 1.82) is 0 Å². The van der Waals surface area contributed by atoms with E-state index in [0.29, 0.717) is 0 Å². The number of pyridine rings is 1. The van der Waals surface area contributed by atoms with Crippen LogP contribution >= 0.6 is 0 Å². The minimum Gasteiger partial charge on any atom is -0.479 e. The van der Waals surface area contributed by atoms with E-state index in [4.69, 9.17) is 10.2 Å². The number of aryl methyl sites for hydroxylation is 1. The van der Waals surface area contributed by atoms with E-state index < -0.39 is 12.1 Å². The molecule has 3 rings (SSSR count). The molecular formula is C18H19NO3. The Balaban J connectivity index is 0.000000254. The average molecular weight is 297 g/mol. The normalized spacial score (nSPS) is 11.8. The maximum Gasteiger partial charge on any atom is 0.332 e. The second-order valence-corrected chi connectivity index (χ2v) is 5.03. The number of carboxylic acid groups (broad SMARTS) is 1. The van der Waals surface area contributed by atoms with Gasteiger partial charge in [0.15, 0.2) is 0 Å². The molecule has 114 valence electrons. The van der Waals surface area contributed by atoms with E-state index in [1.165, 1.54) is 23.3 Å². The summed E-state index contributed by atoms with van der Waals surface area (Å²) < 4.78 is 0. The summed E-state index contributed by atoms with van der Waals surface area (Å²) in [6.07, 6.45) is -0.179. The summed E-state index contributed by atoms with van der Waals surface area (Å²) in [5.41, 5.74) is 3.54. The second-order valence-electron chi connectivity index (χ2n) is 5.03. The van der Waals surface area contributed by atoms with Gasteiger partial charge in [-0.25, -0.2) is 9.78 Å². The Kier molecular flexibility index (Phi) is 5.07. The van der Waals surface area contributed by atoms with E-state index >= 15 is 0 Å². The number of nitrogens with zero attached hydrogens (tertiary/aromatic N) is 1. The largest absolute Gasteiger partial charge is 0.479 e. The number of rotatable bonds is 2. The SMILES string of the molecule is CC(O)C(=O)O.CCc1cccc2nc3ccccc3cc12. The fraction of sp³-hybridized carbons (Fsp3) is 0.222. The van der Waals surface area contributed by atoms with Gasteiger partial charge in [0.05, 0.1) is 11.0 Å². The van der Waals surface area contributed by atoms with E-state index in [1.54, 1.807) is 0 Å². The molecule has 0 aliphatic carbocycles. The van der Waals surface area contributed by atoms with Gasteiger partial charge in [-0.15, -0.1) is 0 Å². The van der Waals surface area contributed by atoms with Crippen molar-refractivity contribution in [2.45, 2.75) is 26.4 Å². The van der Waals surface area contributed by atoms with Crippen LogP contribution < -0.4 is 0 Å². The van der Waals surface area contributed by atoms with E-state index in [1.807, 2.05) is 6.07 Å². The number of hydrogen-bond acceptors (Lipinski definition) is 3. The quantitative estimate of drug-likeness (QED) is 0.711. The molecule has 0 saturated carbocycles. The van der Waals surface area contributed by atoms with Gasteiger partial charge >= 0.3 is 5.97 Å². The standard InChI is InChI=1S/C15H13N.C3H6O3/c1-2-11-7-5-9-15-13(11)10-12-6-3-4-8-14(12)16-15;1-2(4)3(5)6/h3-10H,2H2,1H3;2,4H,1H3,(H,5,6). The third-order valence-corrected chi connectivity index (χ3v) is 3.39. The molecule has 1 heterocycles. The minimum absolute atomic E-state index is 1.05. The van der Waals surface area contributed by atoms with Gasteiger partial charge in [-0.05, 0) is 37.1 Å². The topological polar surface area (TPSA) is 70.4 Å². The maximum absolute atomic E-state index is 9.45. The Morgan fingerprint density at radius 3 is 2.41 bits per heavy atom. The number of hydrogen-bond donors (Lipinski definition) is 2. The van der Waals surface area contributed by atoms with Crippen LogP contribution in [0.5, 0.6) is 0 Å². The summed E-state index contributed by atoms with van der Waals surface area (Å²) in [6, 6.07) is 16.9. The predicted octanol–water partition coefficient (Wildman–Crippen LogP) is 3.40. The minimum atomic E-state index is -1.23. The fourth-order valence-electron chi connectivity index (χ4n) is 2.17. The molecule has 0 saturated heterocycles. The molecule has 0 spiro atoms. The molecule has 0 amide bonds. The van der Waals surface area contributed by atoms with Gasteiger partial charge in [-0.3, -0.25) is 0 Å². The average Bonchev–Trinajstić information content (AvgIpc) is 2.52. The Morgan fingerprint density at radius 2 is 1.77 bits per heavy atom. The molecule has 0 bridgehead atoms. The van der Waals surface area contributed by atoms with Crippen LogP contribution in [0.3, 0.4) is 0 Å². The summed E-state index contributed by atoms with van der Waals surface area (Å²) in [6.45, 7) is 3.38. The Morgan fingerprint density at radius 1 is 1.14 bits per heavy atom. The molecular weight excluding hydrogens is 278 g/mol. The van der Waals surface area contributed by atoms with Crippen LogP contribution in [0.4, 0.5) is 0 Å². The van der Waals surface area contributed by atoms with Crippen molar-refractivity contribution in [2.24, 2.45) is 0 Å². The highest BCUT2D eigenvalue weighted by atomic mass is 16.4. The second kappa shape index (κ2) is 7.00. The number of aliphatic hydroxyl groups excluding tert-OH is 1. The van der Waals surface area contributed by atoms with Gasteiger partial charge in [0, 0.05) is 10.8 Å². The van der Waals surface area contributed by atoms with Crippen LogP contribution in [0.15, 0.2) is 48.5 Å². The molecule has 2 N–H and O–H groups in total. The number of fused-ring (bicyclic) bond motifs is 2. The molecule has 0 fully saturated rings. The van der Waals surface area contributed by atoms with Crippen LogP contribution in [0, 0.1) is 0 Å². The third kappa shape index (κ3) is 3.59. The molecule has 22 heavy (non-hydrogen) atoms. The lowest BCUT2D eigenvalue weighted by molar-refractivity contribution is -0.145. The number of carbonyl (C=O) groups is 1. The van der Waals surface area contributed by atoms with Crippen molar-refractivity contribution in [3.8, 4) is 0 Å². The first kappa shape index (κ1) is 15.9. The monoisotopic (exact) mass is 297 g/mol. The van der Waals surface area contributed by atoms with E-state index in [2.05, 4.69) is 54.4 Å². The molecule has 0 aliphatic heterocycles. The highest BCUT2D eigenvalue weighted by molar-refractivity contribution is 5.94. The van der Waals surface area contributed by atoms with Crippen molar-refractivity contribution >= 4 is 27.8 Å². The van der Waals surface area contributed by atoms with Crippen molar-refractivity contribution in [1.82, 2.24) is 4.98 Å². The maximum atomic E-state index is 9.45. The van der Waals surface area contributed by atoms with Crippen molar-refractivity contribution in [2.75, 3.05) is 0 Å². The predicted molar refractivity (Wildman–Crippen MR) is 87.9 cm³/mol. The number of para-hydroxylation sites is 1. The first-order valence-electron chi connectivity index (χ1n) is 7.21. The molecule has 4 nitrogen and oxygen atoms in total. The van der Waals surface area contributed by atoms with E-state index in [0.717, 1.165) is 17.5 Å². The molecule has 0 aliphatic rings. The molecule has 3 aromatic rings. The molecule has 1 unspecified atom stereocenters. The smallest absolute Gasteiger partial charge is 0.332 e. The van der Waals surface area contributed by atoms with Gasteiger partial charge in [-0.2, -0.15) is 0 Å².